The van der Waals surface area contributed by atoms with Crippen molar-refractivity contribution < 1.29 is 19.4 Å². The molecule has 1 atom stereocenters. The van der Waals surface area contributed by atoms with E-state index in [1.54, 1.807) is 6.07 Å². The number of carboxylic acid groups (broad SMARTS) is 1. The number of benzene rings is 1. The molecule has 1 aliphatic heterocycles. The molecule has 1 aromatic carbocycles. The lowest BCUT2D eigenvalue weighted by atomic mass is 10.1. The molecule has 1 aromatic rings. The van der Waals surface area contributed by atoms with Crippen molar-refractivity contribution in [2.24, 2.45) is 0 Å². The highest BCUT2D eigenvalue weighted by Gasteiger charge is 2.23. The summed E-state index contributed by atoms with van der Waals surface area (Å²) in [6.07, 6.45) is 0. The number of morpholine rings is 1. The summed E-state index contributed by atoms with van der Waals surface area (Å²) >= 11 is 0. The van der Waals surface area contributed by atoms with E-state index in [9.17, 15) is 9.90 Å². The van der Waals surface area contributed by atoms with Gasteiger partial charge in [0, 0.05) is 18.3 Å². The van der Waals surface area contributed by atoms with Crippen LogP contribution in [0.3, 0.4) is 0 Å². The van der Waals surface area contributed by atoms with Crippen LogP contribution in [0.5, 0.6) is 5.75 Å². The molecule has 1 aliphatic rings. The predicted molar refractivity (Wildman–Crippen MR) is 76.9 cm³/mol. The van der Waals surface area contributed by atoms with Gasteiger partial charge in [-0.3, -0.25) is 0 Å². The third-order valence-corrected chi connectivity index (χ3v) is 3.51. The van der Waals surface area contributed by atoms with Gasteiger partial charge in [0.15, 0.2) is 0 Å². The SMILES string of the molecule is CCOc1cc(C)c(N2CCOCC2C)cc1C(=O)O. The highest BCUT2D eigenvalue weighted by Crippen LogP contribution is 2.31. The monoisotopic (exact) mass is 279 g/mol. The smallest absolute Gasteiger partial charge is 0.339 e. The molecule has 1 saturated heterocycles. The van der Waals surface area contributed by atoms with Gasteiger partial charge in [0.25, 0.3) is 0 Å². The van der Waals surface area contributed by atoms with Gasteiger partial charge in [-0.25, -0.2) is 4.79 Å². The van der Waals surface area contributed by atoms with E-state index in [4.69, 9.17) is 9.47 Å². The van der Waals surface area contributed by atoms with Crippen LogP contribution < -0.4 is 9.64 Å². The number of carboxylic acids is 1. The number of hydrogen-bond acceptors (Lipinski definition) is 4. The molecule has 0 radical (unpaired) electrons. The Morgan fingerprint density at radius 1 is 1.55 bits per heavy atom. The molecule has 0 saturated carbocycles. The summed E-state index contributed by atoms with van der Waals surface area (Å²) < 4.78 is 10.9. The molecule has 1 fully saturated rings. The van der Waals surface area contributed by atoms with Gasteiger partial charge in [-0.1, -0.05) is 0 Å². The van der Waals surface area contributed by atoms with Crippen molar-refractivity contribution in [1.29, 1.82) is 0 Å². The van der Waals surface area contributed by atoms with E-state index in [1.807, 2.05) is 19.9 Å². The highest BCUT2D eigenvalue weighted by molar-refractivity contribution is 5.92. The van der Waals surface area contributed by atoms with E-state index in [1.165, 1.54) is 0 Å². The first-order valence-electron chi connectivity index (χ1n) is 6.89. The summed E-state index contributed by atoms with van der Waals surface area (Å²) in [6, 6.07) is 3.76. The molecule has 5 nitrogen and oxygen atoms in total. The van der Waals surface area contributed by atoms with Crippen molar-refractivity contribution in [3.63, 3.8) is 0 Å². The lowest BCUT2D eigenvalue weighted by Gasteiger charge is -2.36. The van der Waals surface area contributed by atoms with E-state index in [-0.39, 0.29) is 11.6 Å². The number of anilines is 1. The normalized spacial score (nSPS) is 18.9. The van der Waals surface area contributed by atoms with Gasteiger partial charge < -0.3 is 19.5 Å². The molecule has 1 N–H and O–H groups in total. The number of ether oxygens (including phenoxy) is 2. The first-order chi connectivity index (χ1) is 9.54. The Morgan fingerprint density at radius 3 is 2.90 bits per heavy atom. The summed E-state index contributed by atoms with van der Waals surface area (Å²) in [5.41, 5.74) is 2.18. The molecule has 2 rings (SSSR count). The minimum atomic E-state index is -0.962. The molecule has 5 heteroatoms. The van der Waals surface area contributed by atoms with Crippen LogP contribution in [0.4, 0.5) is 5.69 Å². The van der Waals surface area contributed by atoms with E-state index < -0.39 is 5.97 Å². The van der Waals surface area contributed by atoms with Crippen molar-refractivity contribution in [2.75, 3.05) is 31.3 Å². The Labute approximate surface area is 119 Å². The fourth-order valence-corrected chi connectivity index (χ4v) is 2.51. The number of aryl methyl sites for hydroxylation is 1. The first kappa shape index (κ1) is 14.7. The van der Waals surface area contributed by atoms with Crippen LogP contribution in [-0.2, 0) is 4.74 Å². The molecule has 0 bridgehead atoms. The summed E-state index contributed by atoms with van der Waals surface area (Å²) in [5, 5.41) is 9.35. The van der Waals surface area contributed by atoms with Crippen molar-refractivity contribution in [1.82, 2.24) is 0 Å². The zero-order valence-corrected chi connectivity index (χ0v) is 12.2. The Kier molecular flexibility index (Phi) is 4.49. The third-order valence-electron chi connectivity index (χ3n) is 3.51. The zero-order valence-electron chi connectivity index (χ0n) is 12.2. The van der Waals surface area contributed by atoms with Crippen LogP contribution in [0.25, 0.3) is 0 Å². The van der Waals surface area contributed by atoms with Crippen LogP contribution in [0.2, 0.25) is 0 Å². The van der Waals surface area contributed by atoms with Crippen molar-refractivity contribution in [3.05, 3.63) is 23.3 Å². The molecule has 20 heavy (non-hydrogen) atoms. The van der Waals surface area contributed by atoms with Crippen LogP contribution in [0, 0.1) is 6.92 Å². The van der Waals surface area contributed by atoms with Crippen LogP contribution in [0.15, 0.2) is 12.1 Å². The minimum Gasteiger partial charge on any atom is -0.493 e. The van der Waals surface area contributed by atoms with Gasteiger partial charge in [0.2, 0.25) is 0 Å². The van der Waals surface area contributed by atoms with E-state index >= 15 is 0 Å². The molecule has 0 spiro atoms. The van der Waals surface area contributed by atoms with Crippen LogP contribution in [0.1, 0.15) is 29.8 Å². The number of aromatic carboxylic acids is 1. The topological polar surface area (TPSA) is 59.0 Å². The van der Waals surface area contributed by atoms with Gasteiger partial charge in [-0.05, 0) is 38.5 Å². The van der Waals surface area contributed by atoms with Crippen LogP contribution >= 0.6 is 0 Å². The van der Waals surface area contributed by atoms with E-state index in [0.717, 1.165) is 17.8 Å². The quantitative estimate of drug-likeness (QED) is 0.916. The second-order valence-corrected chi connectivity index (χ2v) is 4.99. The van der Waals surface area contributed by atoms with Crippen molar-refractivity contribution >= 4 is 11.7 Å². The maximum atomic E-state index is 11.4. The van der Waals surface area contributed by atoms with E-state index in [2.05, 4.69) is 11.8 Å². The second-order valence-electron chi connectivity index (χ2n) is 4.99. The van der Waals surface area contributed by atoms with Gasteiger partial charge in [-0.2, -0.15) is 0 Å². The summed E-state index contributed by atoms with van der Waals surface area (Å²) in [4.78, 5) is 13.6. The maximum absolute atomic E-state index is 11.4. The maximum Gasteiger partial charge on any atom is 0.339 e. The van der Waals surface area contributed by atoms with Gasteiger partial charge in [-0.15, -0.1) is 0 Å². The first-order valence-corrected chi connectivity index (χ1v) is 6.89. The number of carbonyl (C=O) groups is 1. The minimum absolute atomic E-state index is 0.214. The predicted octanol–water partition coefficient (Wildman–Crippen LogP) is 2.32. The molecular weight excluding hydrogens is 258 g/mol. The largest absolute Gasteiger partial charge is 0.493 e. The van der Waals surface area contributed by atoms with Crippen molar-refractivity contribution in [2.45, 2.75) is 26.8 Å². The second kappa shape index (κ2) is 6.13. The highest BCUT2D eigenvalue weighted by atomic mass is 16.5. The van der Waals surface area contributed by atoms with Crippen molar-refractivity contribution in [3.8, 4) is 5.75 Å². The number of nitrogens with zero attached hydrogens (tertiary/aromatic N) is 1. The fraction of sp³-hybridized carbons (Fsp3) is 0.533. The Morgan fingerprint density at radius 2 is 2.30 bits per heavy atom. The fourth-order valence-electron chi connectivity index (χ4n) is 2.51. The zero-order chi connectivity index (χ0) is 14.7. The van der Waals surface area contributed by atoms with Gasteiger partial charge >= 0.3 is 5.97 Å². The average molecular weight is 279 g/mol. The lowest BCUT2D eigenvalue weighted by molar-refractivity contribution is 0.0692. The van der Waals surface area contributed by atoms with E-state index in [0.29, 0.717) is 25.6 Å². The van der Waals surface area contributed by atoms with Gasteiger partial charge in [0.05, 0.1) is 19.8 Å². The Bertz CT molecular complexity index is 501. The Balaban J connectivity index is 2.43. The molecule has 0 aliphatic carbocycles. The molecule has 1 heterocycles. The summed E-state index contributed by atoms with van der Waals surface area (Å²) in [7, 11) is 0. The standard InChI is InChI=1S/C15H21NO4/c1-4-20-14-7-10(2)13(8-12(14)15(17)18)16-5-6-19-9-11(16)3/h7-8,11H,4-6,9H2,1-3H3,(H,17,18). The molecule has 1 unspecified atom stereocenters. The summed E-state index contributed by atoms with van der Waals surface area (Å²) in [6.45, 7) is 8.45. The van der Waals surface area contributed by atoms with Crippen LogP contribution in [-0.4, -0.2) is 43.5 Å². The lowest BCUT2D eigenvalue weighted by Crippen LogP contribution is -2.44. The molecule has 0 amide bonds. The summed E-state index contributed by atoms with van der Waals surface area (Å²) in [5.74, 6) is -0.530. The Hall–Kier alpha value is -1.75. The molecule has 110 valence electrons. The number of hydrogen-bond donors (Lipinski definition) is 1. The average Bonchev–Trinajstić information content (AvgIpc) is 2.40. The molecular formula is C15H21NO4. The molecule has 0 aromatic heterocycles. The third kappa shape index (κ3) is 2.88. The van der Waals surface area contributed by atoms with Gasteiger partial charge in [0.1, 0.15) is 11.3 Å². The number of rotatable bonds is 4.